The first kappa shape index (κ1) is 22.7. The Kier molecular flexibility index (Phi) is 6.29. The van der Waals surface area contributed by atoms with Crippen molar-refractivity contribution in [3.63, 3.8) is 0 Å². The van der Waals surface area contributed by atoms with Gasteiger partial charge < -0.3 is 15.0 Å². The van der Waals surface area contributed by atoms with Crippen LogP contribution in [0.15, 0.2) is 78.2 Å². The Morgan fingerprint density at radius 2 is 1.86 bits per heavy atom. The number of para-hydroxylation sites is 1. The van der Waals surface area contributed by atoms with Gasteiger partial charge in [-0.1, -0.05) is 36.4 Å². The van der Waals surface area contributed by atoms with Gasteiger partial charge >= 0.3 is 0 Å². The van der Waals surface area contributed by atoms with Crippen LogP contribution in [0.25, 0.3) is 21.8 Å². The molecule has 3 aromatic carbocycles. The van der Waals surface area contributed by atoms with E-state index in [0.717, 1.165) is 5.56 Å². The van der Waals surface area contributed by atoms with Crippen LogP contribution >= 0.6 is 11.3 Å². The van der Waals surface area contributed by atoms with E-state index < -0.39 is 5.92 Å². The van der Waals surface area contributed by atoms with Crippen molar-refractivity contribution in [2.45, 2.75) is 6.42 Å². The number of aromatic nitrogens is 1. The van der Waals surface area contributed by atoms with Gasteiger partial charge in [-0.25, -0.2) is 9.37 Å². The molecule has 1 unspecified atom stereocenters. The number of hydrogen-bond acceptors (Lipinski definition) is 5. The van der Waals surface area contributed by atoms with Gasteiger partial charge in [0.05, 0.1) is 24.4 Å². The molecule has 1 N–H and O–H groups in total. The molecular weight excluding hydrogens is 465 g/mol. The highest BCUT2D eigenvalue weighted by molar-refractivity contribution is 7.13. The molecule has 2 amide bonds. The number of carbonyl (C=O) groups is 2. The molecular formula is C27H22FN3O3S. The number of nitrogens with zero attached hydrogens (tertiary/aromatic N) is 2. The summed E-state index contributed by atoms with van der Waals surface area (Å²) in [6.45, 7) is 0.286. The second-order valence-electron chi connectivity index (χ2n) is 8.16. The lowest BCUT2D eigenvalue weighted by Crippen LogP contribution is -2.28. The van der Waals surface area contributed by atoms with E-state index in [2.05, 4.69) is 10.3 Å². The van der Waals surface area contributed by atoms with E-state index in [1.807, 2.05) is 35.7 Å². The zero-order valence-corrected chi connectivity index (χ0v) is 19.7. The van der Waals surface area contributed by atoms with Crippen molar-refractivity contribution in [1.82, 2.24) is 4.98 Å². The van der Waals surface area contributed by atoms with Gasteiger partial charge in [0.1, 0.15) is 16.6 Å². The van der Waals surface area contributed by atoms with E-state index in [1.165, 1.54) is 17.4 Å². The van der Waals surface area contributed by atoms with Crippen LogP contribution in [-0.2, 0) is 9.59 Å². The number of hydrogen-bond donors (Lipinski definition) is 1. The highest BCUT2D eigenvalue weighted by Crippen LogP contribution is 2.34. The van der Waals surface area contributed by atoms with Crippen LogP contribution in [0.3, 0.4) is 0 Å². The minimum absolute atomic E-state index is 0.110. The second-order valence-corrected chi connectivity index (χ2v) is 9.02. The molecule has 4 aromatic rings. The van der Waals surface area contributed by atoms with Crippen LogP contribution in [0.1, 0.15) is 6.42 Å². The molecule has 0 radical (unpaired) electrons. The number of rotatable bonds is 6. The predicted octanol–water partition coefficient (Wildman–Crippen LogP) is 5.62. The average molecular weight is 488 g/mol. The van der Waals surface area contributed by atoms with Crippen molar-refractivity contribution in [3.05, 3.63) is 84.0 Å². The molecule has 2 heterocycles. The monoisotopic (exact) mass is 487 g/mol. The van der Waals surface area contributed by atoms with Crippen molar-refractivity contribution in [2.75, 3.05) is 23.9 Å². The summed E-state index contributed by atoms with van der Waals surface area (Å²) in [6, 6.07) is 21.1. The standard InChI is InChI=1S/C27H22FN3O3S/c1-34-19-8-6-7-18(14-19)31-15-17(13-25(31)32)26(33)29-23-12-5-3-10-21(23)24-16-35-27(30-24)20-9-2-4-11-22(20)28/h2-12,14,16-17H,13,15H2,1H3,(H,29,33). The first-order valence-corrected chi connectivity index (χ1v) is 12.0. The maximum Gasteiger partial charge on any atom is 0.229 e. The fraction of sp³-hybridized carbons (Fsp3) is 0.148. The van der Waals surface area contributed by atoms with Gasteiger partial charge in [-0.05, 0) is 30.3 Å². The van der Waals surface area contributed by atoms with Gasteiger partial charge in [0.25, 0.3) is 0 Å². The third-order valence-electron chi connectivity index (χ3n) is 5.93. The predicted molar refractivity (Wildman–Crippen MR) is 135 cm³/mol. The number of anilines is 2. The van der Waals surface area contributed by atoms with Gasteiger partial charge in [0, 0.05) is 41.2 Å². The third kappa shape index (κ3) is 4.65. The summed E-state index contributed by atoms with van der Waals surface area (Å²) in [5, 5.41) is 5.38. The van der Waals surface area contributed by atoms with Crippen LogP contribution in [0.5, 0.6) is 5.75 Å². The first-order valence-electron chi connectivity index (χ1n) is 11.1. The van der Waals surface area contributed by atoms with Gasteiger partial charge in [-0.2, -0.15) is 0 Å². The van der Waals surface area contributed by atoms with Crippen molar-refractivity contribution in [1.29, 1.82) is 0 Å². The highest BCUT2D eigenvalue weighted by atomic mass is 32.1. The summed E-state index contributed by atoms with van der Waals surface area (Å²) in [5.41, 5.74) is 3.11. The van der Waals surface area contributed by atoms with Gasteiger partial charge in [0.2, 0.25) is 11.8 Å². The molecule has 1 aliphatic rings. The minimum atomic E-state index is -0.494. The maximum absolute atomic E-state index is 14.2. The Bertz CT molecular complexity index is 1400. The molecule has 1 aromatic heterocycles. The average Bonchev–Trinajstić information content (AvgIpc) is 3.52. The molecule has 176 valence electrons. The van der Waals surface area contributed by atoms with E-state index in [9.17, 15) is 14.0 Å². The lowest BCUT2D eigenvalue weighted by Gasteiger charge is -2.18. The molecule has 1 fully saturated rings. The summed E-state index contributed by atoms with van der Waals surface area (Å²) in [6.07, 6.45) is 0.124. The largest absolute Gasteiger partial charge is 0.497 e. The van der Waals surface area contributed by atoms with Crippen molar-refractivity contribution < 1.29 is 18.7 Å². The van der Waals surface area contributed by atoms with Crippen LogP contribution < -0.4 is 15.0 Å². The van der Waals surface area contributed by atoms with Gasteiger partial charge in [-0.15, -0.1) is 11.3 Å². The summed E-state index contributed by atoms with van der Waals surface area (Å²) >= 11 is 1.34. The highest BCUT2D eigenvalue weighted by Gasteiger charge is 2.35. The molecule has 0 spiro atoms. The fourth-order valence-electron chi connectivity index (χ4n) is 4.12. The molecule has 0 aliphatic carbocycles. The quantitative estimate of drug-likeness (QED) is 0.383. The first-order chi connectivity index (χ1) is 17.0. The molecule has 0 saturated carbocycles. The molecule has 35 heavy (non-hydrogen) atoms. The Balaban J connectivity index is 1.34. The van der Waals surface area contributed by atoms with E-state index in [1.54, 1.807) is 48.4 Å². The van der Waals surface area contributed by atoms with Crippen LogP contribution in [-0.4, -0.2) is 30.5 Å². The van der Waals surface area contributed by atoms with Gasteiger partial charge in [-0.3, -0.25) is 9.59 Å². The Labute approximate surface area is 206 Å². The topological polar surface area (TPSA) is 71.5 Å². The van der Waals surface area contributed by atoms with E-state index >= 15 is 0 Å². The number of methoxy groups -OCH3 is 1. The normalized spacial score (nSPS) is 15.3. The number of benzene rings is 3. The molecule has 1 atom stereocenters. The second kappa shape index (κ2) is 9.68. The smallest absolute Gasteiger partial charge is 0.229 e. The molecule has 1 saturated heterocycles. The molecule has 1 aliphatic heterocycles. The summed E-state index contributed by atoms with van der Waals surface area (Å²) in [5.74, 6) is -0.524. The molecule has 8 heteroatoms. The lowest BCUT2D eigenvalue weighted by atomic mass is 10.1. The van der Waals surface area contributed by atoms with E-state index in [-0.39, 0.29) is 30.6 Å². The van der Waals surface area contributed by atoms with Crippen LogP contribution in [0.2, 0.25) is 0 Å². The molecule has 0 bridgehead atoms. The third-order valence-corrected chi connectivity index (χ3v) is 6.81. The summed E-state index contributed by atoms with van der Waals surface area (Å²) < 4.78 is 19.5. The summed E-state index contributed by atoms with van der Waals surface area (Å²) in [7, 11) is 1.57. The Hall–Kier alpha value is -4.04. The zero-order valence-electron chi connectivity index (χ0n) is 18.9. The zero-order chi connectivity index (χ0) is 24.4. The Morgan fingerprint density at radius 3 is 2.66 bits per heavy atom. The lowest BCUT2D eigenvalue weighted by molar-refractivity contribution is -0.122. The van der Waals surface area contributed by atoms with E-state index in [0.29, 0.717) is 33.4 Å². The van der Waals surface area contributed by atoms with Crippen molar-refractivity contribution in [3.8, 4) is 27.6 Å². The molecule has 5 rings (SSSR count). The Morgan fingerprint density at radius 1 is 1.09 bits per heavy atom. The van der Waals surface area contributed by atoms with Crippen LogP contribution in [0, 0.1) is 11.7 Å². The number of carbonyl (C=O) groups excluding carboxylic acids is 2. The number of halogens is 1. The molecule has 6 nitrogen and oxygen atoms in total. The number of amides is 2. The SMILES string of the molecule is COc1cccc(N2CC(C(=O)Nc3ccccc3-c3csc(-c4ccccc4F)n3)CC2=O)c1. The van der Waals surface area contributed by atoms with E-state index in [4.69, 9.17) is 4.74 Å². The minimum Gasteiger partial charge on any atom is -0.497 e. The van der Waals surface area contributed by atoms with Crippen LogP contribution in [0.4, 0.5) is 15.8 Å². The van der Waals surface area contributed by atoms with Gasteiger partial charge in [0.15, 0.2) is 0 Å². The summed E-state index contributed by atoms with van der Waals surface area (Å²) in [4.78, 5) is 32.0. The number of thiazole rings is 1. The number of ether oxygens (including phenoxy) is 1. The fourth-order valence-corrected chi connectivity index (χ4v) is 4.96. The van der Waals surface area contributed by atoms with Crippen molar-refractivity contribution >= 4 is 34.5 Å². The maximum atomic E-state index is 14.2. The number of nitrogens with one attached hydrogen (secondary N) is 1. The van der Waals surface area contributed by atoms with Crippen molar-refractivity contribution in [2.24, 2.45) is 5.92 Å².